The van der Waals surface area contributed by atoms with Gasteiger partial charge >= 0.3 is 0 Å². The van der Waals surface area contributed by atoms with E-state index in [0.29, 0.717) is 23.9 Å². The van der Waals surface area contributed by atoms with Crippen molar-refractivity contribution < 1.29 is 13.2 Å². The number of nitrogens with zero attached hydrogens (tertiary/aromatic N) is 2. The van der Waals surface area contributed by atoms with Crippen LogP contribution in [0.2, 0.25) is 0 Å². The maximum Gasteiger partial charge on any atom is 0.243 e. The van der Waals surface area contributed by atoms with Crippen molar-refractivity contribution in [1.82, 2.24) is 14.9 Å². The summed E-state index contributed by atoms with van der Waals surface area (Å²) in [7, 11) is -1.62. The van der Waals surface area contributed by atoms with Crippen molar-refractivity contribution in [3.63, 3.8) is 0 Å². The first kappa shape index (κ1) is 21.7. The van der Waals surface area contributed by atoms with E-state index in [1.165, 1.54) is 0 Å². The molecule has 1 aromatic carbocycles. The lowest BCUT2D eigenvalue weighted by Crippen LogP contribution is -2.44. The fraction of sp³-hybridized carbons (Fsp3) is 0.632. The van der Waals surface area contributed by atoms with E-state index in [1.807, 2.05) is 13.0 Å². The van der Waals surface area contributed by atoms with Crippen LogP contribution >= 0.6 is 0 Å². The van der Waals surface area contributed by atoms with E-state index in [0.717, 1.165) is 51.5 Å². The molecule has 152 valence electrons. The molecule has 1 aliphatic heterocycles. The van der Waals surface area contributed by atoms with Crippen LogP contribution in [0.1, 0.15) is 26.2 Å². The highest BCUT2D eigenvalue weighted by Gasteiger charge is 2.29. The van der Waals surface area contributed by atoms with Gasteiger partial charge in [0.05, 0.1) is 4.90 Å². The molecule has 2 rings (SSSR count). The van der Waals surface area contributed by atoms with E-state index in [1.54, 1.807) is 35.6 Å². The van der Waals surface area contributed by atoms with Crippen LogP contribution in [-0.4, -0.2) is 65.1 Å². The molecule has 0 spiro atoms. The van der Waals surface area contributed by atoms with Gasteiger partial charge in [0.2, 0.25) is 10.0 Å². The van der Waals surface area contributed by atoms with Gasteiger partial charge < -0.3 is 15.4 Å². The van der Waals surface area contributed by atoms with Crippen molar-refractivity contribution in [2.45, 2.75) is 31.1 Å². The lowest BCUT2D eigenvalue weighted by Gasteiger charge is -2.31. The first-order valence-electron chi connectivity index (χ1n) is 9.65. The minimum absolute atomic E-state index is 0.373. The SMILES string of the molecule is CCOCCCNC(=NC)NCC1CCN(S(=O)(=O)c2ccccc2)CC1. The second-order valence-corrected chi connectivity index (χ2v) is 8.53. The third kappa shape index (κ3) is 6.79. The Labute approximate surface area is 163 Å². The molecule has 0 saturated carbocycles. The van der Waals surface area contributed by atoms with Crippen LogP contribution in [-0.2, 0) is 14.8 Å². The Morgan fingerprint density at radius 1 is 1.22 bits per heavy atom. The molecule has 7 nitrogen and oxygen atoms in total. The molecule has 0 radical (unpaired) electrons. The van der Waals surface area contributed by atoms with Gasteiger partial charge in [0.1, 0.15) is 0 Å². The third-order valence-electron chi connectivity index (χ3n) is 4.70. The van der Waals surface area contributed by atoms with Crippen LogP contribution in [0.4, 0.5) is 0 Å². The van der Waals surface area contributed by atoms with Gasteiger partial charge in [-0.15, -0.1) is 0 Å². The van der Waals surface area contributed by atoms with Gasteiger partial charge in [-0.05, 0) is 44.2 Å². The van der Waals surface area contributed by atoms with E-state index >= 15 is 0 Å². The Morgan fingerprint density at radius 3 is 2.56 bits per heavy atom. The van der Waals surface area contributed by atoms with Gasteiger partial charge in [-0.1, -0.05) is 18.2 Å². The van der Waals surface area contributed by atoms with E-state index in [9.17, 15) is 8.42 Å². The summed E-state index contributed by atoms with van der Waals surface area (Å²) in [6, 6.07) is 8.66. The molecule has 1 heterocycles. The zero-order valence-corrected chi connectivity index (χ0v) is 17.2. The van der Waals surface area contributed by atoms with Crippen LogP contribution in [0.3, 0.4) is 0 Å². The lowest BCUT2D eigenvalue weighted by molar-refractivity contribution is 0.145. The standard InChI is InChI=1S/C19H32N4O3S/c1-3-26-15-7-12-21-19(20-2)22-16-17-10-13-23(14-11-17)27(24,25)18-8-5-4-6-9-18/h4-6,8-9,17H,3,7,10-16H2,1-2H3,(H2,20,21,22). The molecular weight excluding hydrogens is 364 g/mol. The summed E-state index contributed by atoms with van der Waals surface area (Å²) < 4.78 is 32.3. The molecule has 1 fully saturated rings. The summed E-state index contributed by atoms with van der Waals surface area (Å²) in [5.41, 5.74) is 0. The van der Waals surface area contributed by atoms with Crippen LogP contribution in [0.15, 0.2) is 40.2 Å². The number of aliphatic imine (C=N–C) groups is 1. The van der Waals surface area contributed by atoms with Crippen LogP contribution in [0.5, 0.6) is 0 Å². The van der Waals surface area contributed by atoms with Gasteiger partial charge in [-0.3, -0.25) is 4.99 Å². The highest BCUT2D eigenvalue weighted by molar-refractivity contribution is 7.89. The number of piperidine rings is 1. The molecule has 0 aromatic heterocycles. The Hall–Kier alpha value is -1.64. The van der Waals surface area contributed by atoms with Gasteiger partial charge in [0, 0.05) is 46.4 Å². The predicted molar refractivity (Wildman–Crippen MR) is 108 cm³/mol. The summed E-state index contributed by atoms with van der Waals surface area (Å²) >= 11 is 0. The van der Waals surface area contributed by atoms with Crippen molar-refractivity contribution in [2.24, 2.45) is 10.9 Å². The summed E-state index contributed by atoms with van der Waals surface area (Å²) in [4.78, 5) is 4.60. The number of ether oxygens (including phenoxy) is 1. The molecule has 0 bridgehead atoms. The number of hydrogen-bond acceptors (Lipinski definition) is 4. The number of hydrogen-bond donors (Lipinski definition) is 2. The zero-order chi connectivity index (χ0) is 19.5. The number of benzene rings is 1. The van der Waals surface area contributed by atoms with E-state index in [2.05, 4.69) is 15.6 Å². The van der Waals surface area contributed by atoms with Gasteiger partial charge in [0.25, 0.3) is 0 Å². The molecule has 2 N–H and O–H groups in total. The van der Waals surface area contributed by atoms with Crippen LogP contribution in [0, 0.1) is 5.92 Å². The topological polar surface area (TPSA) is 83.0 Å². The highest BCUT2D eigenvalue weighted by Crippen LogP contribution is 2.23. The van der Waals surface area contributed by atoms with Crippen molar-refractivity contribution in [1.29, 1.82) is 0 Å². The predicted octanol–water partition coefficient (Wildman–Crippen LogP) is 1.68. The number of guanidine groups is 1. The molecule has 8 heteroatoms. The minimum Gasteiger partial charge on any atom is -0.382 e. The monoisotopic (exact) mass is 396 g/mol. The zero-order valence-electron chi connectivity index (χ0n) is 16.4. The molecule has 0 aliphatic carbocycles. The molecule has 0 atom stereocenters. The van der Waals surface area contributed by atoms with Crippen LogP contribution < -0.4 is 10.6 Å². The van der Waals surface area contributed by atoms with Crippen molar-refractivity contribution in [3.05, 3.63) is 30.3 Å². The molecule has 27 heavy (non-hydrogen) atoms. The summed E-state index contributed by atoms with van der Waals surface area (Å²) in [5, 5.41) is 6.62. The molecule has 0 amide bonds. The average molecular weight is 397 g/mol. The van der Waals surface area contributed by atoms with Crippen molar-refractivity contribution in [2.75, 3.05) is 46.4 Å². The molecule has 1 aromatic rings. The lowest BCUT2D eigenvalue weighted by atomic mass is 9.98. The molecular formula is C19H32N4O3S. The fourth-order valence-electron chi connectivity index (χ4n) is 3.08. The van der Waals surface area contributed by atoms with Crippen LogP contribution in [0.25, 0.3) is 0 Å². The van der Waals surface area contributed by atoms with Gasteiger partial charge in [-0.25, -0.2) is 8.42 Å². The van der Waals surface area contributed by atoms with Gasteiger partial charge in [0.15, 0.2) is 5.96 Å². The largest absolute Gasteiger partial charge is 0.382 e. The van der Waals surface area contributed by atoms with Crippen molar-refractivity contribution in [3.8, 4) is 0 Å². The summed E-state index contributed by atoms with van der Waals surface area (Å²) in [6.45, 7) is 6.20. The normalized spacial score (nSPS) is 17.0. The summed E-state index contributed by atoms with van der Waals surface area (Å²) in [6.07, 6.45) is 2.63. The van der Waals surface area contributed by atoms with E-state index in [4.69, 9.17) is 4.74 Å². The Balaban J connectivity index is 1.72. The first-order valence-corrected chi connectivity index (χ1v) is 11.1. The number of nitrogens with one attached hydrogen (secondary N) is 2. The minimum atomic E-state index is -3.38. The summed E-state index contributed by atoms with van der Waals surface area (Å²) in [5.74, 6) is 1.22. The Kier molecular flexibility index (Phi) is 9.03. The van der Waals surface area contributed by atoms with E-state index < -0.39 is 10.0 Å². The second kappa shape index (κ2) is 11.3. The van der Waals surface area contributed by atoms with Crippen molar-refractivity contribution >= 4 is 16.0 Å². The maximum atomic E-state index is 12.7. The molecule has 1 saturated heterocycles. The fourth-order valence-corrected chi connectivity index (χ4v) is 4.57. The van der Waals surface area contributed by atoms with E-state index in [-0.39, 0.29) is 0 Å². The quantitative estimate of drug-likeness (QED) is 0.377. The number of sulfonamides is 1. The highest BCUT2D eigenvalue weighted by atomic mass is 32.2. The smallest absolute Gasteiger partial charge is 0.243 e. The Morgan fingerprint density at radius 2 is 1.93 bits per heavy atom. The number of rotatable bonds is 9. The molecule has 0 unspecified atom stereocenters. The first-order chi connectivity index (χ1) is 13.1. The Bertz CT molecular complexity index is 671. The van der Waals surface area contributed by atoms with Gasteiger partial charge in [-0.2, -0.15) is 4.31 Å². The average Bonchev–Trinajstić information content (AvgIpc) is 2.71. The third-order valence-corrected chi connectivity index (χ3v) is 6.61. The second-order valence-electron chi connectivity index (χ2n) is 6.59. The maximum absolute atomic E-state index is 12.7. The molecule has 1 aliphatic rings.